The van der Waals surface area contributed by atoms with Crippen LogP contribution in [0, 0.1) is 5.92 Å². The van der Waals surface area contributed by atoms with E-state index >= 15 is 0 Å². The number of likely N-dealkylation sites (tertiary alicyclic amines) is 1. The van der Waals surface area contributed by atoms with Crippen molar-refractivity contribution in [2.75, 3.05) is 26.7 Å². The number of carbonyl (C=O) groups is 2. The average molecular weight is 313 g/mol. The highest BCUT2D eigenvalue weighted by Gasteiger charge is 2.31. The summed E-state index contributed by atoms with van der Waals surface area (Å²) in [6, 6.07) is 0. The third-order valence-corrected chi connectivity index (χ3v) is 3.45. The maximum absolute atomic E-state index is 12.0. The first-order chi connectivity index (χ1) is 10.6. The molecule has 0 unspecified atom stereocenters. The number of rotatable bonds is 5. The molecule has 22 heavy (non-hydrogen) atoms. The number of amides is 1. The molecule has 0 saturated carbocycles. The fraction of sp³-hybridized carbons (Fsp3) is 0.692. The maximum atomic E-state index is 12.0. The molecule has 9 heteroatoms. The molecule has 0 radical (unpaired) electrons. The molecular formula is C13H23N5O4. The number of nitrogens with zero attached hydrogens (tertiary/aromatic N) is 4. The van der Waals surface area contributed by atoms with Gasteiger partial charge in [-0.2, -0.15) is 0 Å². The Morgan fingerprint density at radius 2 is 2.27 bits per heavy atom. The Morgan fingerprint density at radius 1 is 1.55 bits per heavy atom. The third kappa shape index (κ3) is 6.19. The molecule has 1 aromatic rings. The summed E-state index contributed by atoms with van der Waals surface area (Å²) in [6.07, 6.45) is 4.36. The topological polar surface area (TPSA) is 121 Å². The average Bonchev–Trinajstić information content (AvgIpc) is 3.00. The highest BCUT2D eigenvalue weighted by Crippen LogP contribution is 2.15. The number of hydrogen-bond acceptors (Lipinski definition) is 6. The van der Waals surface area contributed by atoms with E-state index in [1.807, 2.05) is 7.05 Å². The monoisotopic (exact) mass is 313 g/mol. The largest absolute Gasteiger partial charge is 0.483 e. The van der Waals surface area contributed by atoms with Gasteiger partial charge < -0.3 is 20.4 Å². The van der Waals surface area contributed by atoms with E-state index in [1.165, 1.54) is 0 Å². The Labute approximate surface area is 128 Å². The summed E-state index contributed by atoms with van der Waals surface area (Å²) in [4.78, 5) is 22.4. The SMILES string of the molecule is CN1CC[C@@H](O)[C@H](C(=O)NCCCn2ccnn2)C1.O=CO. The van der Waals surface area contributed by atoms with Crippen LogP contribution >= 0.6 is 0 Å². The van der Waals surface area contributed by atoms with E-state index in [9.17, 15) is 9.90 Å². The van der Waals surface area contributed by atoms with E-state index in [0.717, 1.165) is 19.5 Å². The van der Waals surface area contributed by atoms with Crippen LogP contribution < -0.4 is 5.32 Å². The molecule has 1 fully saturated rings. The Bertz CT molecular complexity index is 440. The molecule has 3 N–H and O–H groups in total. The number of nitrogens with one attached hydrogen (secondary N) is 1. The number of carbonyl (C=O) groups excluding carboxylic acids is 1. The van der Waals surface area contributed by atoms with Crippen molar-refractivity contribution in [1.82, 2.24) is 25.2 Å². The highest BCUT2D eigenvalue weighted by molar-refractivity contribution is 5.79. The molecule has 2 heterocycles. The fourth-order valence-electron chi connectivity index (χ4n) is 2.30. The van der Waals surface area contributed by atoms with Crippen LogP contribution in [0.4, 0.5) is 0 Å². The highest BCUT2D eigenvalue weighted by atomic mass is 16.3. The van der Waals surface area contributed by atoms with E-state index < -0.39 is 6.10 Å². The van der Waals surface area contributed by atoms with E-state index in [4.69, 9.17) is 9.90 Å². The minimum Gasteiger partial charge on any atom is -0.483 e. The lowest BCUT2D eigenvalue weighted by molar-refractivity contribution is -0.131. The van der Waals surface area contributed by atoms with Crippen LogP contribution in [-0.2, 0) is 16.1 Å². The van der Waals surface area contributed by atoms with Gasteiger partial charge >= 0.3 is 0 Å². The van der Waals surface area contributed by atoms with Crippen molar-refractivity contribution in [3.05, 3.63) is 12.4 Å². The normalized spacial score (nSPS) is 21.5. The smallest absolute Gasteiger partial charge is 0.290 e. The van der Waals surface area contributed by atoms with Gasteiger partial charge in [-0.1, -0.05) is 5.21 Å². The van der Waals surface area contributed by atoms with Gasteiger partial charge in [0.25, 0.3) is 6.47 Å². The molecule has 1 saturated heterocycles. The molecule has 1 aliphatic heterocycles. The third-order valence-electron chi connectivity index (χ3n) is 3.45. The molecule has 1 aliphatic rings. The maximum Gasteiger partial charge on any atom is 0.290 e. The Hall–Kier alpha value is -2.00. The van der Waals surface area contributed by atoms with Gasteiger partial charge in [-0.05, 0) is 19.9 Å². The molecule has 0 aliphatic carbocycles. The van der Waals surface area contributed by atoms with Gasteiger partial charge in [0.15, 0.2) is 0 Å². The second kappa shape index (κ2) is 9.85. The van der Waals surface area contributed by atoms with E-state index in [-0.39, 0.29) is 18.3 Å². The number of aryl methyl sites for hydroxylation is 1. The molecular weight excluding hydrogens is 290 g/mol. The fourth-order valence-corrected chi connectivity index (χ4v) is 2.30. The van der Waals surface area contributed by atoms with Gasteiger partial charge in [0.1, 0.15) is 0 Å². The van der Waals surface area contributed by atoms with Crippen LogP contribution in [0.2, 0.25) is 0 Å². The van der Waals surface area contributed by atoms with Gasteiger partial charge in [-0.25, -0.2) is 0 Å². The van der Waals surface area contributed by atoms with Crippen molar-refractivity contribution in [3.63, 3.8) is 0 Å². The van der Waals surface area contributed by atoms with Gasteiger partial charge in [0.05, 0.1) is 18.2 Å². The molecule has 9 nitrogen and oxygen atoms in total. The summed E-state index contributed by atoms with van der Waals surface area (Å²) in [5.74, 6) is -0.372. The van der Waals surface area contributed by atoms with Crippen molar-refractivity contribution in [3.8, 4) is 0 Å². The van der Waals surface area contributed by atoms with Gasteiger partial charge in [0, 0.05) is 32.4 Å². The van der Waals surface area contributed by atoms with Gasteiger partial charge in [-0.3, -0.25) is 14.3 Å². The van der Waals surface area contributed by atoms with E-state index in [2.05, 4.69) is 20.5 Å². The quantitative estimate of drug-likeness (QED) is 0.461. The summed E-state index contributed by atoms with van der Waals surface area (Å²) in [7, 11) is 1.97. The first-order valence-corrected chi connectivity index (χ1v) is 7.14. The van der Waals surface area contributed by atoms with Crippen LogP contribution in [0.1, 0.15) is 12.8 Å². The van der Waals surface area contributed by atoms with Crippen molar-refractivity contribution in [1.29, 1.82) is 0 Å². The van der Waals surface area contributed by atoms with Crippen molar-refractivity contribution < 1.29 is 19.8 Å². The lowest BCUT2D eigenvalue weighted by atomic mass is 9.94. The predicted octanol–water partition coefficient (Wildman–Crippen LogP) is -1.20. The summed E-state index contributed by atoms with van der Waals surface area (Å²) in [5.41, 5.74) is 0. The number of aliphatic hydroxyl groups is 1. The number of piperidine rings is 1. The molecule has 0 bridgehead atoms. The molecule has 1 aromatic heterocycles. The van der Waals surface area contributed by atoms with Crippen molar-refractivity contribution in [2.24, 2.45) is 5.92 Å². The van der Waals surface area contributed by atoms with Crippen molar-refractivity contribution in [2.45, 2.75) is 25.5 Å². The molecule has 124 valence electrons. The zero-order valence-electron chi connectivity index (χ0n) is 12.6. The minimum absolute atomic E-state index is 0.0577. The Balaban J connectivity index is 0.000000745. The molecule has 2 rings (SSSR count). The summed E-state index contributed by atoms with van der Waals surface area (Å²) < 4.78 is 1.73. The first kappa shape index (κ1) is 18.1. The molecule has 2 atom stereocenters. The number of hydrogen-bond donors (Lipinski definition) is 3. The predicted molar refractivity (Wildman–Crippen MR) is 78.0 cm³/mol. The molecule has 1 amide bonds. The van der Waals surface area contributed by atoms with Crippen LogP contribution in [-0.4, -0.2) is 75.3 Å². The Kier molecular flexibility index (Phi) is 8.08. The standard InChI is InChI=1S/C12H21N5O2.CH2O2/c1-16-7-3-11(18)10(9-16)12(19)13-4-2-6-17-8-5-14-15-17;2-1-3/h5,8,10-11,18H,2-4,6-7,9H2,1H3,(H,13,19);1H,(H,2,3)/t10-,11-;/m1./s1. The second-order valence-corrected chi connectivity index (χ2v) is 5.14. The molecule has 0 aromatic carbocycles. The zero-order valence-corrected chi connectivity index (χ0v) is 12.6. The van der Waals surface area contributed by atoms with Crippen LogP contribution in [0.5, 0.6) is 0 Å². The van der Waals surface area contributed by atoms with Crippen LogP contribution in [0.3, 0.4) is 0 Å². The summed E-state index contributed by atoms with van der Waals surface area (Å²) >= 11 is 0. The van der Waals surface area contributed by atoms with E-state index in [0.29, 0.717) is 19.5 Å². The van der Waals surface area contributed by atoms with Gasteiger partial charge in [-0.15, -0.1) is 5.10 Å². The van der Waals surface area contributed by atoms with Crippen LogP contribution in [0.15, 0.2) is 12.4 Å². The molecule has 0 spiro atoms. The van der Waals surface area contributed by atoms with Crippen molar-refractivity contribution >= 4 is 12.4 Å². The number of carboxylic acid groups (broad SMARTS) is 1. The lowest BCUT2D eigenvalue weighted by Crippen LogP contribution is -2.48. The summed E-state index contributed by atoms with van der Waals surface area (Å²) in [5, 5.41) is 27.2. The summed E-state index contributed by atoms with van der Waals surface area (Å²) in [6.45, 7) is 2.53. The van der Waals surface area contributed by atoms with Crippen LogP contribution in [0.25, 0.3) is 0 Å². The number of aliphatic hydroxyl groups excluding tert-OH is 1. The van der Waals surface area contributed by atoms with E-state index in [1.54, 1.807) is 17.1 Å². The zero-order chi connectivity index (χ0) is 16.4. The second-order valence-electron chi connectivity index (χ2n) is 5.14. The number of aromatic nitrogens is 3. The minimum atomic E-state index is -0.522. The van der Waals surface area contributed by atoms with Gasteiger partial charge in [0.2, 0.25) is 5.91 Å². The lowest BCUT2D eigenvalue weighted by Gasteiger charge is -2.32. The first-order valence-electron chi connectivity index (χ1n) is 7.14. The Morgan fingerprint density at radius 3 is 2.91 bits per heavy atom.